The van der Waals surface area contributed by atoms with Gasteiger partial charge in [0.05, 0.1) is 37.6 Å². The minimum atomic E-state index is -3.38. The van der Waals surface area contributed by atoms with Crippen molar-refractivity contribution >= 4 is 21.6 Å². The van der Waals surface area contributed by atoms with Gasteiger partial charge in [-0.1, -0.05) is 17.7 Å². The van der Waals surface area contributed by atoms with Crippen molar-refractivity contribution in [3.63, 3.8) is 0 Å². The van der Waals surface area contributed by atoms with Crippen molar-refractivity contribution in [1.29, 1.82) is 0 Å². The SMILES string of the molecule is CC[NH+]1CCN(S(=O)(=O)c2cccc(Cl)c2)CC1. The molecular weight excluding hydrogens is 272 g/mol. The molecule has 1 fully saturated rings. The van der Waals surface area contributed by atoms with Crippen LogP contribution in [-0.4, -0.2) is 45.4 Å². The second-order valence-electron chi connectivity index (χ2n) is 4.47. The number of nitrogens with one attached hydrogen (secondary N) is 1. The summed E-state index contributed by atoms with van der Waals surface area (Å²) < 4.78 is 26.3. The van der Waals surface area contributed by atoms with Crippen LogP contribution >= 0.6 is 11.6 Å². The highest BCUT2D eigenvalue weighted by atomic mass is 35.5. The molecule has 1 aromatic rings. The Morgan fingerprint density at radius 2 is 2.00 bits per heavy atom. The molecule has 1 aromatic carbocycles. The van der Waals surface area contributed by atoms with E-state index in [4.69, 9.17) is 11.6 Å². The van der Waals surface area contributed by atoms with E-state index in [1.807, 2.05) is 0 Å². The Kier molecular flexibility index (Phi) is 4.27. The summed E-state index contributed by atoms with van der Waals surface area (Å²) in [4.78, 5) is 1.74. The van der Waals surface area contributed by atoms with Crippen molar-refractivity contribution in [1.82, 2.24) is 4.31 Å². The number of hydrogen-bond donors (Lipinski definition) is 1. The summed E-state index contributed by atoms with van der Waals surface area (Å²) in [7, 11) is -3.38. The van der Waals surface area contributed by atoms with Gasteiger partial charge >= 0.3 is 0 Å². The lowest BCUT2D eigenvalue weighted by Gasteiger charge is -2.30. The predicted molar refractivity (Wildman–Crippen MR) is 71.4 cm³/mol. The summed E-state index contributed by atoms with van der Waals surface area (Å²) in [6.45, 7) is 6.07. The number of rotatable bonds is 3. The molecule has 0 atom stereocenters. The second kappa shape index (κ2) is 5.57. The van der Waals surface area contributed by atoms with Crippen LogP contribution in [0.15, 0.2) is 29.2 Å². The van der Waals surface area contributed by atoms with Gasteiger partial charge in [-0.2, -0.15) is 4.31 Å². The zero-order chi connectivity index (χ0) is 13.2. The van der Waals surface area contributed by atoms with Crippen LogP contribution in [0.3, 0.4) is 0 Å². The van der Waals surface area contributed by atoms with Crippen molar-refractivity contribution in [2.24, 2.45) is 0 Å². The zero-order valence-corrected chi connectivity index (χ0v) is 12.0. The lowest BCUT2D eigenvalue weighted by molar-refractivity contribution is -0.901. The van der Waals surface area contributed by atoms with Crippen molar-refractivity contribution in [3.05, 3.63) is 29.3 Å². The fourth-order valence-electron chi connectivity index (χ4n) is 2.17. The van der Waals surface area contributed by atoms with E-state index in [9.17, 15) is 8.42 Å². The number of likely N-dealkylation sites (N-methyl/N-ethyl adjacent to an activating group) is 1. The average molecular weight is 290 g/mol. The molecule has 18 heavy (non-hydrogen) atoms. The largest absolute Gasteiger partial charge is 0.333 e. The van der Waals surface area contributed by atoms with Gasteiger partial charge in [0.15, 0.2) is 0 Å². The molecule has 0 aliphatic carbocycles. The number of quaternary nitrogens is 1. The third-order valence-corrected chi connectivity index (χ3v) is 5.49. The molecule has 0 aromatic heterocycles. The lowest BCUT2D eigenvalue weighted by Crippen LogP contribution is -3.14. The molecule has 1 aliphatic heterocycles. The van der Waals surface area contributed by atoms with Gasteiger partial charge in [-0.25, -0.2) is 8.42 Å². The fourth-order valence-corrected chi connectivity index (χ4v) is 3.92. The molecule has 1 heterocycles. The molecule has 1 N–H and O–H groups in total. The van der Waals surface area contributed by atoms with Crippen molar-refractivity contribution in [2.75, 3.05) is 32.7 Å². The average Bonchev–Trinajstić information content (AvgIpc) is 2.39. The Morgan fingerprint density at radius 3 is 2.56 bits per heavy atom. The number of hydrogen-bond acceptors (Lipinski definition) is 2. The second-order valence-corrected chi connectivity index (χ2v) is 6.84. The van der Waals surface area contributed by atoms with Gasteiger partial charge in [0, 0.05) is 5.02 Å². The third kappa shape index (κ3) is 2.85. The van der Waals surface area contributed by atoms with E-state index in [0.29, 0.717) is 18.1 Å². The van der Waals surface area contributed by atoms with Crippen molar-refractivity contribution in [3.8, 4) is 0 Å². The first-order valence-corrected chi connectivity index (χ1v) is 7.95. The highest BCUT2D eigenvalue weighted by molar-refractivity contribution is 7.89. The zero-order valence-electron chi connectivity index (χ0n) is 10.4. The van der Waals surface area contributed by atoms with Crippen LogP contribution in [0.2, 0.25) is 5.02 Å². The maximum Gasteiger partial charge on any atom is 0.243 e. The van der Waals surface area contributed by atoms with Gasteiger partial charge in [-0.15, -0.1) is 0 Å². The fraction of sp³-hybridized carbons (Fsp3) is 0.500. The molecular formula is C12H18ClN2O2S+. The van der Waals surface area contributed by atoms with E-state index in [1.165, 1.54) is 11.0 Å². The Labute approximate surface area is 113 Å². The molecule has 0 radical (unpaired) electrons. The first-order valence-electron chi connectivity index (χ1n) is 6.13. The van der Waals surface area contributed by atoms with Crippen LogP contribution < -0.4 is 4.90 Å². The topological polar surface area (TPSA) is 41.8 Å². The third-order valence-electron chi connectivity index (χ3n) is 3.36. The van der Waals surface area contributed by atoms with Gasteiger partial charge in [0.2, 0.25) is 10.0 Å². The van der Waals surface area contributed by atoms with Crippen LogP contribution in [0.1, 0.15) is 6.92 Å². The van der Waals surface area contributed by atoms with E-state index >= 15 is 0 Å². The van der Waals surface area contributed by atoms with Crippen LogP contribution in [0.4, 0.5) is 0 Å². The molecule has 4 nitrogen and oxygen atoms in total. The summed E-state index contributed by atoms with van der Waals surface area (Å²) in [5.74, 6) is 0. The number of sulfonamides is 1. The normalized spacial score (nSPS) is 19.0. The Morgan fingerprint density at radius 1 is 1.33 bits per heavy atom. The van der Waals surface area contributed by atoms with E-state index in [1.54, 1.807) is 22.5 Å². The number of halogens is 1. The predicted octanol–water partition coefficient (Wildman–Crippen LogP) is 0.249. The van der Waals surface area contributed by atoms with E-state index in [0.717, 1.165) is 19.6 Å². The van der Waals surface area contributed by atoms with Crippen molar-refractivity contribution in [2.45, 2.75) is 11.8 Å². The summed E-state index contributed by atoms with van der Waals surface area (Å²) >= 11 is 5.85. The molecule has 6 heteroatoms. The van der Waals surface area contributed by atoms with Crippen LogP contribution in [0.5, 0.6) is 0 Å². The molecule has 2 rings (SSSR count). The molecule has 0 spiro atoms. The van der Waals surface area contributed by atoms with Gasteiger partial charge in [-0.3, -0.25) is 0 Å². The molecule has 1 saturated heterocycles. The minimum Gasteiger partial charge on any atom is -0.333 e. The van der Waals surface area contributed by atoms with Gasteiger partial charge in [-0.05, 0) is 25.1 Å². The Balaban J connectivity index is 2.17. The monoisotopic (exact) mass is 289 g/mol. The molecule has 1 aliphatic rings. The molecule has 0 bridgehead atoms. The minimum absolute atomic E-state index is 0.287. The summed E-state index contributed by atoms with van der Waals surface area (Å²) in [6.07, 6.45) is 0. The van der Waals surface area contributed by atoms with E-state index in [2.05, 4.69) is 6.92 Å². The maximum absolute atomic E-state index is 12.4. The Hall–Kier alpha value is -0.620. The van der Waals surface area contributed by atoms with E-state index in [-0.39, 0.29) is 4.90 Å². The summed E-state index contributed by atoms with van der Waals surface area (Å²) in [5, 5.41) is 0.453. The quantitative estimate of drug-likeness (QED) is 0.867. The van der Waals surface area contributed by atoms with E-state index < -0.39 is 10.0 Å². The summed E-state index contributed by atoms with van der Waals surface area (Å²) in [6, 6.07) is 6.46. The highest BCUT2D eigenvalue weighted by Gasteiger charge is 2.29. The molecule has 0 unspecified atom stereocenters. The number of nitrogens with zero attached hydrogens (tertiary/aromatic N) is 1. The standard InChI is InChI=1S/C12H17ClN2O2S/c1-2-14-6-8-15(9-7-14)18(16,17)12-5-3-4-11(13)10-12/h3-5,10H,2,6-9H2,1H3/p+1. The first kappa shape index (κ1) is 13.8. The maximum atomic E-state index is 12.4. The van der Waals surface area contributed by atoms with Gasteiger partial charge in [0.25, 0.3) is 0 Å². The van der Waals surface area contributed by atoms with Crippen LogP contribution in [0.25, 0.3) is 0 Å². The van der Waals surface area contributed by atoms with Crippen LogP contribution in [0, 0.1) is 0 Å². The summed E-state index contributed by atoms with van der Waals surface area (Å²) in [5.41, 5.74) is 0. The van der Waals surface area contributed by atoms with Gasteiger partial charge in [0.1, 0.15) is 0 Å². The molecule has 0 amide bonds. The highest BCUT2D eigenvalue weighted by Crippen LogP contribution is 2.19. The Bertz CT molecular complexity index is 511. The van der Waals surface area contributed by atoms with Crippen molar-refractivity contribution < 1.29 is 13.3 Å². The molecule has 100 valence electrons. The number of piperazine rings is 1. The molecule has 0 saturated carbocycles. The lowest BCUT2D eigenvalue weighted by atomic mass is 10.4. The smallest absolute Gasteiger partial charge is 0.243 e. The van der Waals surface area contributed by atoms with Gasteiger partial charge < -0.3 is 4.90 Å². The van der Waals surface area contributed by atoms with Crippen LogP contribution in [-0.2, 0) is 10.0 Å². The number of benzene rings is 1. The first-order chi connectivity index (χ1) is 8.54.